The first-order valence-corrected chi connectivity index (χ1v) is 8.24. The maximum absolute atomic E-state index is 5.41. The summed E-state index contributed by atoms with van der Waals surface area (Å²) >= 11 is 0. The van der Waals surface area contributed by atoms with Crippen molar-refractivity contribution in [1.82, 2.24) is 4.90 Å². The van der Waals surface area contributed by atoms with Crippen molar-refractivity contribution >= 4 is 0 Å². The van der Waals surface area contributed by atoms with Gasteiger partial charge in [-0.1, -0.05) is 60.4 Å². The Balaban J connectivity index is 1.90. The van der Waals surface area contributed by atoms with Crippen molar-refractivity contribution in [2.75, 3.05) is 20.3 Å². The van der Waals surface area contributed by atoms with Gasteiger partial charge in [0.25, 0.3) is 0 Å². The van der Waals surface area contributed by atoms with E-state index in [4.69, 9.17) is 4.74 Å². The van der Waals surface area contributed by atoms with Crippen LogP contribution in [-0.2, 0) is 4.74 Å². The third-order valence-corrected chi connectivity index (χ3v) is 4.36. The largest absolute Gasteiger partial charge is 0.383 e. The monoisotopic (exact) mass is 305 g/mol. The number of ether oxygens (including phenoxy) is 1. The number of likely N-dealkylation sites (tertiary alicyclic amines) is 1. The number of hydrogen-bond donors (Lipinski definition) is 0. The van der Waals surface area contributed by atoms with Crippen LogP contribution in [0, 0.1) is 11.8 Å². The maximum atomic E-state index is 5.41. The highest BCUT2D eigenvalue weighted by Crippen LogP contribution is 2.29. The third kappa shape index (κ3) is 4.01. The molecule has 1 aliphatic rings. The van der Waals surface area contributed by atoms with Gasteiger partial charge in [0.15, 0.2) is 0 Å². The molecule has 3 rings (SSSR count). The molecule has 0 N–H and O–H groups in total. The van der Waals surface area contributed by atoms with E-state index in [9.17, 15) is 0 Å². The van der Waals surface area contributed by atoms with E-state index in [0.29, 0.717) is 6.04 Å². The molecule has 23 heavy (non-hydrogen) atoms. The lowest BCUT2D eigenvalue weighted by Gasteiger charge is -2.29. The fraction of sp³-hybridized carbons (Fsp3) is 0.333. The minimum atomic E-state index is 0.124. The molecule has 0 bridgehead atoms. The minimum Gasteiger partial charge on any atom is -0.383 e. The van der Waals surface area contributed by atoms with Gasteiger partial charge < -0.3 is 4.74 Å². The first kappa shape index (κ1) is 15.8. The summed E-state index contributed by atoms with van der Waals surface area (Å²) in [6.45, 7) is 1.85. The van der Waals surface area contributed by atoms with E-state index in [1.54, 1.807) is 7.11 Å². The summed E-state index contributed by atoms with van der Waals surface area (Å²) in [5.74, 6) is 6.85. The molecule has 1 fully saturated rings. The highest BCUT2D eigenvalue weighted by molar-refractivity contribution is 5.37. The van der Waals surface area contributed by atoms with Gasteiger partial charge in [0.1, 0.15) is 0 Å². The lowest BCUT2D eigenvalue weighted by Crippen LogP contribution is -2.35. The highest BCUT2D eigenvalue weighted by atomic mass is 16.5. The second-order valence-corrected chi connectivity index (χ2v) is 5.94. The van der Waals surface area contributed by atoms with Crippen molar-refractivity contribution in [2.24, 2.45) is 0 Å². The summed E-state index contributed by atoms with van der Waals surface area (Å²) < 4.78 is 5.41. The van der Waals surface area contributed by atoms with E-state index >= 15 is 0 Å². The lowest BCUT2D eigenvalue weighted by atomic mass is 10.0. The Kier molecular flexibility index (Phi) is 5.47. The molecule has 0 aromatic heterocycles. The highest BCUT2D eigenvalue weighted by Gasteiger charge is 2.30. The molecule has 0 unspecified atom stereocenters. The molecule has 2 nitrogen and oxygen atoms in total. The van der Waals surface area contributed by atoms with Crippen molar-refractivity contribution in [3.63, 3.8) is 0 Å². The van der Waals surface area contributed by atoms with E-state index in [-0.39, 0.29) is 6.04 Å². The zero-order valence-electron chi connectivity index (χ0n) is 13.6. The summed E-state index contributed by atoms with van der Waals surface area (Å²) in [6, 6.07) is 21.4. The number of nitrogens with zero attached hydrogens (tertiary/aromatic N) is 1. The number of benzene rings is 2. The van der Waals surface area contributed by atoms with Crippen molar-refractivity contribution < 1.29 is 4.74 Å². The average molecular weight is 305 g/mol. The Morgan fingerprint density at radius 1 is 1.09 bits per heavy atom. The Hall–Kier alpha value is -2.08. The topological polar surface area (TPSA) is 12.5 Å². The quantitative estimate of drug-likeness (QED) is 0.795. The van der Waals surface area contributed by atoms with Crippen molar-refractivity contribution in [2.45, 2.75) is 24.9 Å². The van der Waals surface area contributed by atoms with Gasteiger partial charge in [-0.3, -0.25) is 4.90 Å². The summed E-state index contributed by atoms with van der Waals surface area (Å²) in [4.78, 5) is 2.49. The van der Waals surface area contributed by atoms with Gasteiger partial charge >= 0.3 is 0 Å². The van der Waals surface area contributed by atoms with E-state index in [1.807, 2.05) is 18.2 Å². The molecule has 2 aromatic rings. The number of methoxy groups -OCH3 is 1. The Morgan fingerprint density at radius 3 is 2.48 bits per heavy atom. The van der Waals surface area contributed by atoms with E-state index in [0.717, 1.165) is 18.7 Å². The molecule has 1 heterocycles. The molecule has 1 saturated heterocycles. The zero-order chi connectivity index (χ0) is 15.9. The Morgan fingerprint density at radius 2 is 1.78 bits per heavy atom. The molecule has 1 aliphatic heterocycles. The maximum Gasteiger partial charge on any atom is 0.0977 e. The predicted molar refractivity (Wildman–Crippen MR) is 94.1 cm³/mol. The third-order valence-electron chi connectivity index (χ3n) is 4.36. The van der Waals surface area contributed by atoms with Gasteiger partial charge in [-0.05, 0) is 30.5 Å². The molecule has 118 valence electrons. The van der Waals surface area contributed by atoms with Crippen LogP contribution in [0.1, 0.15) is 30.0 Å². The Bertz CT molecular complexity index is 656. The first-order valence-electron chi connectivity index (χ1n) is 8.24. The normalized spacial score (nSPS) is 19.1. The number of hydrogen-bond acceptors (Lipinski definition) is 2. The molecular weight excluding hydrogens is 282 g/mol. The van der Waals surface area contributed by atoms with Crippen molar-refractivity contribution in [1.29, 1.82) is 0 Å². The van der Waals surface area contributed by atoms with E-state index in [2.05, 4.69) is 59.2 Å². The summed E-state index contributed by atoms with van der Waals surface area (Å²) in [5.41, 5.74) is 2.33. The molecule has 0 saturated carbocycles. The number of rotatable bonds is 4. The van der Waals surface area contributed by atoms with Crippen LogP contribution in [0.4, 0.5) is 0 Å². The molecule has 0 spiro atoms. The van der Waals surface area contributed by atoms with Gasteiger partial charge in [0.2, 0.25) is 0 Å². The standard InChI is InChI=1S/C21H23NO/c1-23-17-20-13-8-16-22(20)21(19-11-6-3-7-12-19)15-14-18-9-4-2-5-10-18/h2-7,9-12,20-21H,8,13,16-17H2,1H3/t20-,21+/m0/s1. The summed E-state index contributed by atoms with van der Waals surface area (Å²) in [5, 5.41) is 0. The van der Waals surface area contributed by atoms with Crippen LogP contribution in [0.15, 0.2) is 60.7 Å². The van der Waals surface area contributed by atoms with Crippen LogP contribution < -0.4 is 0 Å². The second-order valence-electron chi connectivity index (χ2n) is 5.94. The molecular formula is C21H23NO. The lowest BCUT2D eigenvalue weighted by molar-refractivity contribution is 0.103. The Labute approximate surface area is 139 Å². The zero-order valence-corrected chi connectivity index (χ0v) is 13.6. The predicted octanol–water partition coefficient (Wildman–Crippen LogP) is 3.89. The van der Waals surface area contributed by atoms with Crippen molar-refractivity contribution in [3.8, 4) is 11.8 Å². The second kappa shape index (κ2) is 7.97. The summed E-state index contributed by atoms with van der Waals surface area (Å²) in [6.07, 6.45) is 2.40. The van der Waals surface area contributed by atoms with Gasteiger partial charge in [-0.2, -0.15) is 0 Å². The van der Waals surface area contributed by atoms with Crippen LogP contribution >= 0.6 is 0 Å². The fourth-order valence-corrected chi connectivity index (χ4v) is 3.24. The molecule has 2 heteroatoms. The van der Waals surface area contributed by atoms with Crippen LogP contribution in [0.5, 0.6) is 0 Å². The van der Waals surface area contributed by atoms with Gasteiger partial charge in [0, 0.05) is 25.3 Å². The molecule has 0 aliphatic carbocycles. The molecule has 2 aromatic carbocycles. The molecule has 2 atom stereocenters. The van der Waals surface area contributed by atoms with E-state index in [1.165, 1.54) is 18.4 Å². The average Bonchev–Trinajstić information content (AvgIpc) is 3.06. The molecule has 0 radical (unpaired) electrons. The molecule has 0 amide bonds. The fourth-order valence-electron chi connectivity index (χ4n) is 3.24. The van der Waals surface area contributed by atoms with Gasteiger partial charge in [-0.15, -0.1) is 0 Å². The van der Waals surface area contributed by atoms with Crippen LogP contribution in [0.3, 0.4) is 0 Å². The van der Waals surface area contributed by atoms with E-state index < -0.39 is 0 Å². The first-order chi connectivity index (χ1) is 11.4. The van der Waals surface area contributed by atoms with Gasteiger partial charge in [0.05, 0.1) is 12.6 Å². The minimum absolute atomic E-state index is 0.124. The summed E-state index contributed by atoms with van der Waals surface area (Å²) in [7, 11) is 1.78. The van der Waals surface area contributed by atoms with Crippen LogP contribution in [0.2, 0.25) is 0 Å². The van der Waals surface area contributed by atoms with Crippen molar-refractivity contribution in [3.05, 3.63) is 71.8 Å². The smallest absolute Gasteiger partial charge is 0.0977 e. The SMILES string of the molecule is COC[C@@H]1CCCN1[C@H](C#Cc1ccccc1)c1ccccc1. The van der Waals surface area contributed by atoms with Gasteiger partial charge in [-0.25, -0.2) is 0 Å². The van der Waals surface area contributed by atoms with Crippen LogP contribution in [0.25, 0.3) is 0 Å². The van der Waals surface area contributed by atoms with Crippen LogP contribution in [-0.4, -0.2) is 31.2 Å².